The smallest absolute Gasteiger partial charge is 0.407 e. The van der Waals surface area contributed by atoms with Gasteiger partial charge in [-0.1, -0.05) is 6.42 Å². The first-order valence-electron chi connectivity index (χ1n) is 8.64. The number of carbonyl (C=O) groups excluding carboxylic acids is 1. The summed E-state index contributed by atoms with van der Waals surface area (Å²) in [6, 6.07) is 0.177. The van der Waals surface area contributed by atoms with Crippen molar-refractivity contribution in [2.45, 2.75) is 70.9 Å². The third-order valence-corrected chi connectivity index (χ3v) is 4.67. The van der Waals surface area contributed by atoms with E-state index in [1.54, 1.807) is 0 Å². The molecule has 1 amide bonds. The highest BCUT2D eigenvalue weighted by molar-refractivity contribution is 5.68. The van der Waals surface area contributed by atoms with Crippen LogP contribution in [0.4, 0.5) is 4.79 Å². The predicted octanol–water partition coefficient (Wildman–Crippen LogP) is 2.62. The molecule has 1 heterocycles. The minimum Gasteiger partial charge on any atom is -0.481 e. The summed E-state index contributed by atoms with van der Waals surface area (Å²) in [7, 11) is 0. The quantitative estimate of drug-likeness (QED) is 0.703. The van der Waals surface area contributed by atoms with Crippen LogP contribution in [0, 0.1) is 5.41 Å². The van der Waals surface area contributed by atoms with Gasteiger partial charge < -0.3 is 20.1 Å². The number of carboxylic acid groups (broad SMARTS) is 1. The first kappa shape index (κ1) is 18.0. The van der Waals surface area contributed by atoms with Crippen molar-refractivity contribution >= 4 is 12.1 Å². The van der Waals surface area contributed by atoms with E-state index in [0.717, 1.165) is 38.9 Å². The summed E-state index contributed by atoms with van der Waals surface area (Å²) in [6.07, 6.45) is 4.98. The summed E-state index contributed by atoms with van der Waals surface area (Å²) in [5.74, 6) is -0.718. The van der Waals surface area contributed by atoms with E-state index in [1.807, 2.05) is 20.8 Å². The molecular weight excluding hydrogens is 296 g/mol. The van der Waals surface area contributed by atoms with Gasteiger partial charge in [0.1, 0.15) is 5.60 Å². The lowest BCUT2D eigenvalue weighted by Gasteiger charge is -2.24. The van der Waals surface area contributed by atoms with Crippen LogP contribution in [0.5, 0.6) is 0 Å². The molecule has 1 spiro atoms. The molecule has 1 aliphatic heterocycles. The molecule has 1 aliphatic carbocycles. The zero-order chi connectivity index (χ0) is 17.1. The Balaban J connectivity index is 1.71. The molecule has 23 heavy (non-hydrogen) atoms. The van der Waals surface area contributed by atoms with Gasteiger partial charge in [0.2, 0.25) is 0 Å². The second-order valence-corrected chi connectivity index (χ2v) is 8.00. The number of carbonyl (C=O) groups is 2. The van der Waals surface area contributed by atoms with E-state index < -0.39 is 11.6 Å². The minimum absolute atomic E-state index is 0.177. The van der Waals surface area contributed by atoms with Crippen molar-refractivity contribution in [1.29, 1.82) is 0 Å². The van der Waals surface area contributed by atoms with Gasteiger partial charge in [0.05, 0.1) is 6.04 Å². The lowest BCUT2D eigenvalue weighted by atomic mass is 10.0. The molecular formula is C17H30N2O4. The Labute approximate surface area is 138 Å². The number of unbranched alkanes of at least 4 members (excludes halogenated alkanes) is 2. The maximum Gasteiger partial charge on any atom is 0.407 e. The number of likely N-dealkylation sites (tertiary alicyclic amines) is 1. The number of hydrogen-bond acceptors (Lipinski definition) is 4. The van der Waals surface area contributed by atoms with Crippen LogP contribution in [0.15, 0.2) is 0 Å². The van der Waals surface area contributed by atoms with Gasteiger partial charge in [-0.2, -0.15) is 0 Å². The van der Waals surface area contributed by atoms with Crippen LogP contribution >= 0.6 is 0 Å². The van der Waals surface area contributed by atoms with E-state index in [4.69, 9.17) is 9.84 Å². The summed E-state index contributed by atoms with van der Waals surface area (Å²) in [5.41, 5.74) is -0.221. The normalized spacial score (nSPS) is 23.0. The summed E-state index contributed by atoms with van der Waals surface area (Å²) in [4.78, 5) is 24.9. The Morgan fingerprint density at radius 1 is 1.26 bits per heavy atom. The van der Waals surface area contributed by atoms with Crippen LogP contribution in [0.2, 0.25) is 0 Å². The van der Waals surface area contributed by atoms with E-state index >= 15 is 0 Å². The number of amides is 1. The first-order chi connectivity index (χ1) is 10.7. The van der Waals surface area contributed by atoms with Crippen LogP contribution in [-0.4, -0.2) is 53.3 Å². The molecule has 2 aliphatic rings. The molecule has 0 unspecified atom stereocenters. The summed E-state index contributed by atoms with van der Waals surface area (Å²) >= 11 is 0. The van der Waals surface area contributed by atoms with Crippen molar-refractivity contribution < 1.29 is 19.4 Å². The second kappa shape index (κ2) is 7.07. The van der Waals surface area contributed by atoms with Crippen LogP contribution in [0.25, 0.3) is 0 Å². The van der Waals surface area contributed by atoms with Crippen molar-refractivity contribution in [2.75, 3.05) is 19.6 Å². The van der Waals surface area contributed by atoms with Gasteiger partial charge in [0.15, 0.2) is 0 Å². The van der Waals surface area contributed by atoms with Crippen molar-refractivity contribution in [1.82, 2.24) is 10.2 Å². The molecule has 0 radical (unpaired) electrons. The van der Waals surface area contributed by atoms with Crippen molar-refractivity contribution in [3.8, 4) is 0 Å². The van der Waals surface area contributed by atoms with E-state index in [-0.39, 0.29) is 24.0 Å². The predicted molar refractivity (Wildman–Crippen MR) is 87.4 cm³/mol. The van der Waals surface area contributed by atoms with Gasteiger partial charge in [-0.25, -0.2) is 4.79 Å². The maximum atomic E-state index is 12.0. The summed E-state index contributed by atoms with van der Waals surface area (Å²) < 4.78 is 5.37. The maximum absolute atomic E-state index is 12.0. The highest BCUT2D eigenvalue weighted by Gasteiger charge is 2.55. The number of alkyl carbamates (subject to hydrolysis) is 1. The molecule has 2 fully saturated rings. The topological polar surface area (TPSA) is 78.9 Å². The van der Waals surface area contributed by atoms with Gasteiger partial charge in [0, 0.05) is 24.9 Å². The Hall–Kier alpha value is -1.30. The number of nitrogens with one attached hydrogen (secondary N) is 1. The van der Waals surface area contributed by atoms with Gasteiger partial charge in [-0.05, 0) is 53.0 Å². The number of hydrogen-bond donors (Lipinski definition) is 2. The van der Waals surface area contributed by atoms with Gasteiger partial charge >= 0.3 is 12.1 Å². The molecule has 6 heteroatoms. The molecule has 2 rings (SSSR count). The lowest BCUT2D eigenvalue weighted by Crippen LogP contribution is -2.44. The van der Waals surface area contributed by atoms with Crippen LogP contribution in [0.1, 0.15) is 59.3 Å². The average molecular weight is 326 g/mol. The molecule has 0 bridgehead atoms. The summed E-state index contributed by atoms with van der Waals surface area (Å²) in [6.45, 7) is 8.51. The van der Waals surface area contributed by atoms with E-state index in [0.29, 0.717) is 0 Å². The fourth-order valence-corrected chi connectivity index (χ4v) is 3.35. The fraction of sp³-hybridized carbons (Fsp3) is 0.882. The number of aliphatic carboxylic acids is 1. The monoisotopic (exact) mass is 326 g/mol. The highest BCUT2D eigenvalue weighted by atomic mass is 16.6. The first-order valence-corrected chi connectivity index (χ1v) is 8.64. The fourth-order valence-electron chi connectivity index (χ4n) is 3.35. The largest absolute Gasteiger partial charge is 0.481 e. The second-order valence-electron chi connectivity index (χ2n) is 8.00. The Bertz CT molecular complexity index is 440. The van der Waals surface area contributed by atoms with Crippen LogP contribution < -0.4 is 5.32 Å². The van der Waals surface area contributed by atoms with E-state index in [9.17, 15) is 9.59 Å². The van der Waals surface area contributed by atoms with E-state index in [2.05, 4.69) is 10.2 Å². The van der Waals surface area contributed by atoms with Crippen molar-refractivity contribution in [3.63, 3.8) is 0 Å². The SMILES string of the molecule is CC(C)(C)OC(=O)N[C@H]1CN(CCCCCC(=O)O)CC12CC2. The molecule has 1 saturated carbocycles. The van der Waals surface area contributed by atoms with Crippen LogP contribution in [0.3, 0.4) is 0 Å². The van der Waals surface area contributed by atoms with E-state index in [1.165, 1.54) is 12.8 Å². The van der Waals surface area contributed by atoms with Crippen molar-refractivity contribution in [3.05, 3.63) is 0 Å². The van der Waals surface area contributed by atoms with Crippen LogP contribution in [-0.2, 0) is 9.53 Å². The van der Waals surface area contributed by atoms with Gasteiger partial charge in [-0.3, -0.25) is 4.79 Å². The Morgan fingerprint density at radius 3 is 2.52 bits per heavy atom. The van der Waals surface area contributed by atoms with Gasteiger partial charge in [-0.15, -0.1) is 0 Å². The zero-order valence-corrected chi connectivity index (χ0v) is 14.6. The molecule has 1 saturated heterocycles. The average Bonchev–Trinajstić information content (AvgIpc) is 3.07. The third kappa shape index (κ3) is 5.68. The number of ether oxygens (including phenoxy) is 1. The Morgan fingerprint density at radius 2 is 1.96 bits per heavy atom. The molecule has 2 N–H and O–H groups in total. The van der Waals surface area contributed by atoms with Crippen molar-refractivity contribution in [2.24, 2.45) is 5.41 Å². The molecule has 0 aromatic carbocycles. The highest BCUT2D eigenvalue weighted by Crippen LogP contribution is 2.52. The number of nitrogens with zero attached hydrogens (tertiary/aromatic N) is 1. The number of carboxylic acids is 1. The molecule has 0 aromatic heterocycles. The molecule has 1 atom stereocenters. The van der Waals surface area contributed by atoms with Gasteiger partial charge in [0.25, 0.3) is 0 Å². The minimum atomic E-state index is -0.718. The molecule has 6 nitrogen and oxygen atoms in total. The lowest BCUT2D eigenvalue weighted by molar-refractivity contribution is -0.137. The summed E-state index contributed by atoms with van der Waals surface area (Å²) in [5, 5.41) is 11.7. The standard InChI is InChI=1S/C17H30N2O4/c1-16(2,3)23-15(22)18-13-11-19(12-17(13)8-9-17)10-6-4-5-7-14(20)21/h13H,4-12H2,1-3H3,(H,18,22)(H,20,21)/t13-/m0/s1. The number of rotatable bonds is 7. The zero-order valence-electron chi connectivity index (χ0n) is 14.6. The molecule has 132 valence electrons. The Kier molecular flexibility index (Phi) is 5.55. The molecule has 0 aromatic rings. The third-order valence-electron chi connectivity index (χ3n) is 4.67.